The van der Waals surface area contributed by atoms with Gasteiger partial charge in [-0.2, -0.15) is 0 Å². The fourth-order valence-corrected chi connectivity index (χ4v) is 8.41. The number of fused-ring (bicyclic) bond motifs is 5. The van der Waals surface area contributed by atoms with Gasteiger partial charge in [0.15, 0.2) is 0 Å². The first kappa shape index (κ1) is 22.4. The molecule has 0 amide bonds. The van der Waals surface area contributed by atoms with Crippen LogP contribution < -0.4 is 0 Å². The Kier molecular flexibility index (Phi) is 6.17. The fourth-order valence-electron chi connectivity index (χ4n) is 8.41. The summed E-state index contributed by atoms with van der Waals surface area (Å²) in [5.41, 5.74) is 4.22. The second-order valence-electron chi connectivity index (χ2n) is 12.1. The Morgan fingerprint density at radius 1 is 1.03 bits per heavy atom. The number of allylic oxidation sites excluding steroid dienone is 6. The quantitative estimate of drug-likeness (QED) is 0.371. The molecule has 30 heavy (non-hydrogen) atoms. The molecule has 0 aromatic heterocycles. The first-order valence-corrected chi connectivity index (χ1v) is 12.9. The van der Waals surface area contributed by atoms with Crippen LogP contribution in [0.5, 0.6) is 0 Å². The number of rotatable bonds is 4. The highest BCUT2D eigenvalue weighted by Gasteiger charge is 2.57. The van der Waals surface area contributed by atoms with Crippen LogP contribution in [0.15, 0.2) is 35.5 Å². The normalized spacial score (nSPS) is 45.1. The molecular formula is C29H46O. The molecule has 3 fully saturated rings. The molecule has 4 aliphatic rings. The van der Waals surface area contributed by atoms with Gasteiger partial charge in [-0.3, -0.25) is 0 Å². The lowest BCUT2D eigenvalue weighted by molar-refractivity contribution is -0.0414. The van der Waals surface area contributed by atoms with E-state index < -0.39 is 0 Å². The third-order valence-corrected chi connectivity index (χ3v) is 10.4. The summed E-state index contributed by atoms with van der Waals surface area (Å²) in [6.07, 6.45) is 19.9. The molecule has 0 heterocycles. The van der Waals surface area contributed by atoms with Crippen LogP contribution in [0.3, 0.4) is 0 Å². The molecule has 0 saturated heterocycles. The largest absolute Gasteiger partial charge is 0.393 e. The van der Waals surface area contributed by atoms with Crippen molar-refractivity contribution in [3.8, 4) is 0 Å². The van der Waals surface area contributed by atoms with E-state index in [1.165, 1.54) is 44.1 Å². The minimum absolute atomic E-state index is 0.0525. The van der Waals surface area contributed by atoms with Crippen molar-refractivity contribution >= 4 is 0 Å². The highest BCUT2D eigenvalue weighted by atomic mass is 16.3. The molecule has 0 aromatic rings. The molecule has 0 unspecified atom stereocenters. The van der Waals surface area contributed by atoms with Crippen LogP contribution in [0.4, 0.5) is 0 Å². The molecule has 0 aromatic carbocycles. The SMILES string of the molecule is C/C=C(\C=C\[C@@H](C)[C@H]1CC[C@H]2C3=CC[C@H]4C[C@@H](O)CC[C@]4(C)[C@H]3CC[C@]12C)C(C)C. The Balaban J connectivity index is 1.55. The fraction of sp³-hybridized carbons (Fsp3) is 0.793. The monoisotopic (exact) mass is 410 g/mol. The van der Waals surface area contributed by atoms with E-state index in [2.05, 4.69) is 65.8 Å². The highest BCUT2D eigenvalue weighted by Crippen LogP contribution is 2.66. The molecule has 4 rings (SSSR count). The van der Waals surface area contributed by atoms with E-state index in [0.29, 0.717) is 28.6 Å². The minimum atomic E-state index is -0.0525. The van der Waals surface area contributed by atoms with E-state index in [0.717, 1.165) is 30.6 Å². The van der Waals surface area contributed by atoms with Crippen LogP contribution in [0, 0.1) is 46.3 Å². The maximum absolute atomic E-state index is 10.3. The Morgan fingerprint density at radius 2 is 1.73 bits per heavy atom. The molecule has 0 bridgehead atoms. The van der Waals surface area contributed by atoms with Gasteiger partial charge in [-0.25, -0.2) is 0 Å². The topological polar surface area (TPSA) is 20.2 Å². The van der Waals surface area contributed by atoms with E-state index in [1.54, 1.807) is 0 Å². The Hall–Kier alpha value is -0.820. The van der Waals surface area contributed by atoms with E-state index in [9.17, 15) is 5.11 Å². The van der Waals surface area contributed by atoms with Crippen molar-refractivity contribution < 1.29 is 5.11 Å². The van der Waals surface area contributed by atoms with Crippen LogP contribution in [0.25, 0.3) is 0 Å². The van der Waals surface area contributed by atoms with E-state index in [1.807, 2.05) is 5.57 Å². The summed E-state index contributed by atoms with van der Waals surface area (Å²) < 4.78 is 0. The molecule has 1 heteroatoms. The number of aliphatic hydroxyl groups excluding tert-OH is 1. The Bertz CT molecular complexity index is 727. The lowest BCUT2D eigenvalue weighted by Gasteiger charge is -2.57. The summed E-state index contributed by atoms with van der Waals surface area (Å²) in [6, 6.07) is 0. The van der Waals surface area contributed by atoms with Crippen molar-refractivity contribution in [2.24, 2.45) is 46.3 Å². The van der Waals surface area contributed by atoms with Gasteiger partial charge in [-0.05, 0) is 105 Å². The average Bonchev–Trinajstić information content (AvgIpc) is 3.06. The van der Waals surface area contributed by atoms with Crippen LogP contribution in [-0.4, -0.2) is 11.2 Å². The van der Waals surface area contributed by atoms with Crippen LogP contribution in [0.2, 0.25) is 0 Å². The number of hydrogen-bond acceptors (Lipinski definition) is 1. The van der Waals surface area contributed by atoms with Gasteiger partial charge in [-0.15, -0.1) is 0 Å². The van der Waals surface area contributed by atoms with Crippen LogP contribution in [-0.2, 0) is 0 Å². The lowest BCUT2D eigenvalue weighted by atomic mass is 9.47. The van der Waals surface area contributed by atoms with Gasteiger partial charge in [0.05, 0.1) is 6.10 Å². The predicted octanol–water partition coefficient (Wildman–Crippen LogP) is 7.72. The van der Waals surface area contributed by atoms with Gasteiger partial charge in [0.1, 0.15) is 0 Å². The average molecular weight is 411 g/mol. The summed E-state index contributed by atoms with van der Waals surface area (Å²) in [5, 5.41) is 10.3. The van der Waals surface area contributed by atoms with Crippen LogP contribution in [0.1, 0.15) is 92.9 Å². The Labute approximate surface area is 186 Å². The summed E-state index contributed by atoms with van der Waals surface area (Å²) in [6.45, 7) is 14.5. The second-order valence-corrected chi connectivity index (χ2v) is 12.1. The maximum atomic E-state index is 10.3. The number of aliphatic hydroxyl groups is 1. The summed E-state index contributed by atoms with van der Waals surface area (Å²) in [4.78, 5) is 0. The van der Waals surface area contributed by atoms with Gasteiger partial charge in [0.2, 0.25) is 0 Å². The highest BCUT2D eigenvalue weighted by molar-refractivity contribution is 5.28. The summed E-state index contributed by atoms with van der Waals surface area (Å²) in [5.74, 6) is 4.35. The smallest absolute Gasteiger partial charge is 0.0543 e. The van der Waals surface area contributed by atoms with E-state index >= 15 is 0 Å². The molecule has 168 valence electrons. The van der Waals surface area contributed by atoms with E-state index in [-0.39, 0.29) is 6.10 Å². The summed E-state index contributed by atoms with van der Waals surface area (Å²) >= 11 is 0. The van der Waals surface area contributed by atoms with Crippen molar-refractivity contribution in [1.82, 2.24) is 0 Å². The second kappa shape index (κ2) is 8.27. The van der Waals surface area contributed by atoms with Gasteiger partial charge >= 0.3 is 0 Å². The van der Waals surface area contributed by atoms with Gasteiger partial charge in [0, 0.05) is 0 Å². The first-order chi connectivity index (χ1) is 14.2. The van der Waals surface area contributed by atoms with Crippen molar-refractivity contribution in [2.75, 3.05) is 0 Å². The van der Waals surface area contributed by atoms with Gasteiger partial charge in [-0.1, -0.05) is 70.1 Å². The van der Waals surface area contributed by atoms with Gasteiger partial charge in [0.25, 0.3) is 0 Å². The molecule has 4 aliphatic carbocycles. The van der Waals surface area contributed by atoms with Crippen LogP contribution >= 0.6 is 0 Å². The zero-order valence-corrected chi connectivity index (χ0v) is 20.5. The lowest BCUT2D eigenvalue weighted by Crippen LogP contribution is -2.49. The van der Waals surface area contributed by atoms with Crippen molar-refractivity contribution in [3.05, 3.63) is 35.5 Å². The molecule has 3 saturated carbocycles. The molecule has 1 nitrogen and oxygen atoms in total. The van der Waals surface area contributed by atoms with Crippen molar-refractivity contribution in [3.63, 3.8) is 0 Å². The zero-order valence-electron chi connectivity index (χ0n) is 20.5. The molecule has 0 spiro atoms. The number of hydrogen-bond donors (Lipinski definition) is 1. The van der Waals surface area contributed by atoms with Gasteiger partial charge < -0.3 is 5.11 Å². The standard InChI is InChI=1S/C29H46O/c1-7-21(19(2)3)9-8-20(4)25-12-13-26-24-11-10-22-18-23(30)14-16-28(22,5)27(24)15-17-29(25,26)6/h7-9,11,19-20,22-23,25-27,30H,10,12-18H2,1-6H3/b9-8+,21-7+/t20-,22+,23+,25-,26+,27+,28+,29-/m1/s1. The molecule has 0 aliphatic heterocycles. The first-order valence-electron chi connectivity index (χ1n) is 12.9. The third-order valence-electron chi connectivity index (χ3n) is 10.4. The minimum Gasteiger partial charge on any atom is -0.393 e. The predicted molar refractivity (Wildman–Crippen MR) is 128 cm³/mol. The summed E-state index contributed by atoms with van der Waals surface area (Å²) in [7, 11) is 0. The molecule has 8 atom stereocenters. The molecule has 1 N–H and O–H groups in total. The zero-order chi connectivity index (χ0) is 21.7. The third kappa shape index (κ3) is 3.58. The molecule has 0 radical (unpaired) electrons. The Morgan fingerprint density at radius 3 is 2.43 bits per heavy atom. The molecular weight excluding hydrogens is 364 g/mol. The van der Waals surface area contributed by atoms with E-state index in [4.69, 9.17) is 0 Å². The maximum Gasteiger partial charge on any atom is 0.0543 e. The van der Waals surface area contributed by atoms with Crippen molar-refractivity contribution in [2.45, 2.75) is 99.0 Å². The van der Waals surface area contributed by atoms with Crippen molar-refractivity contribution in [1.29, 1.82) is 0 Å².